The highest BCUT2D eigenvalue weighted by Crippen LogP contribution is 2.25. The summed E-state index contributed by atoms with van der Waals surface area (Å²) in [6.07, 6.45) is 17.5. The molecule has 0 radical (unpaired) electrons. The number of carbonyl (C=O) groups is 2. The maximum Gasteiger partial charge on any atom is 0.344 e. The molecule has 0 bridgehead atoms. The van der Waals surface area contributed by atoms with Crippen molar-refractivity contribution in [1.82, 2.24) is 14.8 Å². The van der Waals surface area contributed by atoms with Gasteiger partial charge in [0.05, 0.1) is 6.04 Å². The molecule has 0 saturated heterocycles. The van der Waals surface area contributed by atoms with E-state index in [9.17, 15) is 19.2 Å². The topological polar surface area (TPSA) is 105 Å². The average Bonchev–Trinajstić information content (AvgIpc) is 3.04. The van der Waals surface area contributed by atoms with E-state index in [-0.39, 0.29) is 24.0 Å². The normalized spacial score (nSPS) is 13.5. The summed E-state index contributed by atoms with van der Waals surface area (Å²) in [5, 5.41) is 2.52. The molecule has 2 N–H and O–H groups in total. The van der Waals surface area contributed by atoms with Gasteiger partial charge in [-0.3, -0.25) is 9.78 Å². The van der Waals surface area contributed by atoms with Gasteiger partial charge in [0.2, 0.25) is 0 Å². The van der Waals surface area contributed by atoms with Gasteiger partial charge in [-0.05, 0) is 52.4 Å². The first kappa shape index (κ1) is 26.9. The van der Waals surface area contributed by atoms with Gasteiger partial charge >= 0.3 is 11.4 Å². The van der Waals surface area contributed by atoms with Gasteiger partial charge in [-0.25, -0.2) is 19.4 Å². The van der Waals surface area contributed by atoms with Gasteiger partial charge in [-0.15, -0.1) is 0 Å². The SMILES string of the molecule is CCCCCCCCC=CCCCCC(CC(CC(C)=O)C(C)=O)n1[nH]c(=O)[nH]c1=O. The van der Waals surface area contributed by atoms with Crippen molar-refractivity contribution in [2.75, 3.05) is 0 Å². The quantitative estimate of drug-likeness (QED) is 0.254. The van der Waals surface area contributed by atoms with Gasteiger partial charge in [-0.2, -0.15) is 0 Å². The molecule has 0 aliphatic rings. The van der Waals surface area contributed by atoms with Crippen LogP contribution in [0.1, 0.15) is 110 Å². The molecule has 7 heteroatoms. The van der Waals surface area contributed by atoms with E-state index in [1.165, 1.54) is 57.1 Å². The zero-order valence-corrected chi connectivity index (χ0v) is 19.6. The fraction of sp³-hybridized carbons (Fsp3) is 0.750. The van der Waals surface area contributed by atoms with E-state index in [4.69, 9.17) is 0 Å². The Kier molecular flexibility index (Phi) is 13.5. The number of allylic oxidation sites excluding steroid dienone is 2. The van der Waals surface area contributed by atoms with Gasteiger partial charge in [0.15, 0.2) is 0 Å². The number of aromatic amines is 2. The second-order valence-electron chi connectivity index (χ2n) is 8.66. The zero-order chi connectivity index (χ0) is 23.1. The van der Waals surface area contributed by atoms with E-state index in [0.29, 0.717) is 12.8 Å². The van der Waals surface area contributed by atoms with Crippen molar-refractivity contribution in [3.63, 3.8) is 0 Å². The molecule has 1 heterocycles. The number of hydrogen-bond donors (Lipinski definition) is 2. The third-order valence-electron chi connectivity index (χ3n) is 5.74. The minimum Gasteiger partial charge on any atom is -0.300 e. The molecule has 0 fully saturated rings. The Hall–Kier alpha value is -2.18. The maximum absolute atomic E-state index is 12.1. The molecule has 176 valence electrons. The second-order valence-corrected chi connectivity index (χ2v) is 8.66. The molecular weight excluding hydrogens is 394 g/mol. The number of nitrogens with one attached hydrogen (secondary N) is 2. The van der Waals surface area contributed by atoms with Crippen LogP contribution < -0.4 is 11.4 Å². The summed E-state index contributed by atoms with van der Waals surface area (Å²) in [6, 6.07) is -0.313. The van der Waals surface area contributed by atoms with Crippen LogP contribution in [0.2, 0.25) is 0 Å². The zero-order valence-electron chi connectivity index (χ0n) is 19.6. The highest BCUT2D eigenvalue weighted by molar-refractivity contribution is 5.85. The predicted octanol–water partition coefficient (Wildman–Crippen LogP) is 4.85. The largest absolute Gasteiger partial charge is 0.344 e. The summed E-state index contributed by atoms with van der Waals surface area (Å²) in [5.74, 6) is -0.557. The first-order valence-electron chi connectivity index (χ1n) is 11.9. The molecule has 31 heavy (non-hydrogen) atoms. The number of rotatable bonds is 18. The molecule has 1 aromatic heterocycles. The van der Waals surface area contributed by atoms with Crippen LogP contribution in [-0.2, 0) is 9.59 Å². The minimum absolute atomic E-state index is 0.0515. The molecule has 7 nitrogen and oxygen atoms in total. The average molecular weight is 436 g/mol. The Morgan fingerprint density at radius 1 is 0.935 bits per heavy atom. The predicted molar refractivity (Wildman–Crippen MR) is 124 cm³/mol. The molecule has 2 atom stereocenters. The van der Waals surface area contributed by atoms with Crippen molar-refractivity contribution in [1.29, 1.82) is 0 Å². The van der Waals surface area contributed by atoms with E-state index < -0.39 is 17.3 Å². The molecule has 0 aliphatic heterocycles. The van der Waals surface area contributed by atoms with Crippen LogP contribution in [0.4, 0.5) is 0 Å². The lowest BCUT2D eigenvalue weighted by Crippen LogP contribution is -2.28. The van der Waals surface area contributed by atoms with Gasteiger partial charge in [-0.1, -0.05) is 57.6 Å². The van der Waals surface area contributed by atoms with Crippen molar-refractivity contribution >= 4 is 11.6 Å². The van der Waals surface area contributed by atoms with Crippen molar-refractivity contribution in [3.05, 3.63) is 33.1 Å². The molecule has 1 aromatic rings. The molecule has 2 unspecified atom stereocenters. The van der Waals surface area contributed by atoms with Crippen LogP contribution >= 0.6 is 0 Å². The molecule has 0 aromatic carbocycles. The van der Waals surface area contributed by atoms with Crippen LogP contribution in [0.3, 0.4) is 0 Å². The number of ketones is 2. The number of aromatic nitrogens is 3. The number of H-pyrrole nitrogens is 2. The number of nitrogens with zero attached hydrogens (tertiary/aromatic N) is 1. The van der Waals surface area contributed by atoms with Gasteiger partial charge in [0.1, 0.15) is 11.6 Å². The smallest absolute Gasteiger partial charge is 0.300 e. The molecule has 0 amide bonds. The van der Waals surface area contributed by atoms with Crippen LogP contribution in [0.5, 0.6) is 0 Å². The standard InChI is InChI=1S/C24H41N3O4/c1-4-5-6-7-8-9-10-11-12-13-14-15-16-22(27-24(31)25-23(30)26-27)18-21(20(3)29)17-19(2)28/h11-12,21-22H,4-10,13-18H2,1-3H3,(H2,25,26,30,31). The van der Waals surface area contributed by atoms with Gasteiger partial charge < -0.3 is 4.79 Å². The van der Waals surface area contributed by atoms with Crippen molar-refractivity contribution in [2.24, 2.45) is 5.92 Å². The van der Waals surface area contributed by atoms with E-state index in [1.807, 2.05) is 0 Å². The Balaban J connectivity index is 2.48. The summed E-state index contributed by atoms with van der Waals surface area (Å²) in [6.45, 7) is 5.17. The number of unbranched alkanes of at least 4 members (excludes halogenated alkanes) is 8. The molecular formula is C24H41N3O4. The lowest BCUT2D eigenvalue weighted by Gasteiger charge is -2.21. The van der Waals surface area contributed by atoms with E-state index >= 15 is 0 Å². The maximum atomic E-state index is 12.1. The third-order valence-corrected chi connectivity index (χ3v) is 5.74. The van der Waals surface area contributed by atoms with E-state index in [0.717, 1.165) is 25.7 Å². The summed E-state index contributed by atoms with van der Waals surface area (Å²) in [5.41, 5.74) is -1.06. The fourth-order valence-corrected chi connectivity index (χ4v) is 3.94. The Morgan fingerprint density at radius 2 is 1.55 bits per heavy atom. The Bertz CT molecular complexity index is 787. The van der Waals surface area contributed by atoms with E-state index in [1.54, 1.807) is 0 Å². The Labute approximate surface area is 185 Å². The molecule has 1 rings (SSSR count). The monoisotopic (exact) mass is 435 g/mol. The number of Topliss-reactive ketones (excluding diaryl/α,β-unsaturated/α-hetero) is 2. The second kappa shape index (κ2) is 15.6. The van der Waals surface area contributed by atoms with Crippen LogP contribution in [0.15, 0.2) is 21.7 Å². The number of hydrogen-bond acceptors (Lipinski definition) is 4. The summed E-state index contributed by atoms with van der Waals surface area (Å²) in [7, 11) is 0. The van der Waals surface area contributed by atoms with Crippen molar-refractivity contribution < 1.29 is 9.59 Å². The summed E-state index contributed by atoms with van der Waals surface area (Å²) >= 11 is 0. The van der Waals surface area contributed by atoms with Gasteiger partial charge in [0, 0.05) is 12.3 Å². The van der Waals surface area contributed by atoms with E-state index in [2.05, 4.69) is 29.2 Å². The lowest BCUT2D eigenvalue weighted by molar-refractivity contribution is -0.126. The van der Waals surface area contributed by atoms with Crippen LogP contribution in [-0.4, -0.2) is 26.3 Å². The van der Waals surface area contributed by atoms with Gasteiger partial charge in [0.25, 0.3) is 0 Å². The molecule has 0 aliphatic carbocycles. The van der Waals surface area contributed by atoms with Crippen LogP contribution in [0.25, 0.3) is 0 Å². The first-order valence-corrected chi connectivity index (χ1v) is 11.9. The fourth-order valence-electron chi connectivity index (χ4n) is 3.94. The highest BCUT2D eigenvalue weighted by atomic mass is 16.2. The summed E-state index contributed by atoms with van der Waals surface area (Å²) in [4.78, 5) is 49.3. The Morgan fingerprint density at radius 3 is 2.10 bits per heavy atom. The molecule has 0 saturated carbocycles. The van der Waals surface area contributed by atoms with Crippen LogP contribution in [0, 0.1) is 5.92 Å². The van der Waals surface area contributed by atoms with Crippen molar-refractivity contribution in [3.8, 4) is 0 Å². The number of carbonyl (C=O) groups excluding carboxylic acids is 2. The lowest BCUT2D eigenvalue weighted by atomic mass is 9.89. The molecule has 0 spiro atoms. The van der Waals surface area contributed by atoms with Crippen molar-refractivity contribution in [2.45, 2.75) is 110 Å². The first-order chi connectivity index (χ1) is 14.8. The summed E-state index contributed by atoms with van der Waals surface area (Å²) < 4.78 is 1.28. The third kappa shape index (κ3) is 11.7. The minimum atomic E-state index is -0.557. The highest BCUT2D eigenvalue weighted by Gasteiger charge is 2.24.